The van der Waals surface area contributed by atoms with Crippen LogP contribution in [-0.4, -0.2) is 18.1 Å². The minimum atomic E-state index is -0.895. The molecule has 0 aliphatic heterocycles. The SMILES string of the molecule is Cc1cccc(CN(C)c2ccc(C(=O)O)cc2)c1. The maximum absolute atomic E-state index is 10.8. The molecule has 2 aromatic carbocycles. The number of carboxylic acid groups (broad SMARTS) is 1. The molecule has 98 valence electrons. The van der Waals surface area contributed by atoms with Gasteiger partial charge in [0.05, 0.1) is 5.56 Å². The fourth-order valence-electron chi connectivity index (χ4n) is 2.03. The molecule has 0 bridgehead atoms. The van der Waals surface area contributed by atoms with E-state index in [1.807, 2.05) is 25.2 Å². The number of carboxylic acids is 1. The third-order valence-corrected chi connectivity index (χ3v) is 3.06. The van der Waals surface area contributed by atoms with Crippen LogP contribution in [0, 0.1) is 6.92 Å². The Kier molecular flexibility index (Phi) is 3.85. The van der Waals surface area contributed by atoms with Crippen molar-refractivity contribution < 1.29 is 9.90 Å². The van der Waals surface area contributed by atoms with Gasteiger partial charge in [-0.1, -0.05) is 29.8 Å². The molecule has 0 spiro atoms. The molecule has 0 heterocycles. The largest absolute Gasteiger partial charge is 0.478 e. The molecule has 0 saturated carbocycles. The first-order chi connectivity index (χ1) is 9.06. The van der Waals surface area contributed by atoms with E-state index in [-0.39, 0.29) is 0 Å². The fraction of sp³-hybridized carbons (Fsp3) is 0.188. The highest BCUT2D eigenvalue weighted by Crippen LogP contribution is 2.17. The first kappa shape index (κ1) is 13.1. The third-order valence-electron chi connectivity index (χ3n) is 3.06. The van der Waals surface area contributed by atoms with Crippen LogP contribution < -0.4 is 4.90 Å². The van der Waals surface area contributed by atoms with Crippen molar-refractivity contribution in [3.8, 4) is 0 Å². The molecule has 0 fully saturated rings. The molecule has 0 aliphatic carbocycles. The zero-order valence-corrected chi connectivity index (χ0v) is 11.1. The van der Waals surface area contributed by atoms with Crippen LogP contribution in [0.4, 0.5) is 5.69 Å². The molecule has 1 N–H and O–H groups in total. The van der Waals surface area contributed by atoms with Gasteiger partial charge in [-0.2, -0.15) is 0 Å². The van der Waals surface area contributed by atoms with Crippen LogP contribution in [0.2, 0.25) is 0 Å². The zero-order chi connectivity index (χ0) is 13.8. The Morgan fingerprint density at radius 2 is 1.84 bits per heavy atom. The summed E-state index contributed by atoms with van der Waals surface area (Å²) in [6, 6.07) is 15.3. The predicted molar refractivity (Wildman–Crippen MR) is 76.7 cm³/mol. The van der Waals surface area contributed by atoms with Crippen molar-refractivity contribution in [2.45, 2.75) is 13.5 Å². The van der Waals surface area contributed by atoms with Crippen LogP contribution in [-0.2, 0) is 6.54 Å². The Morgan fingerprint density at radius 1 is 1.16 bits per heavy atom. The number of anilines is 1. The summed E-state index contributed by atoms with van der Waals surface area (Å²) in [6.45, 7) is 2.87. The number of aromatic carboxylic acids is 1. The quantitative estimate of drug-likeness (QED) is 0.911. The van der Waals surface area contributed by atoms with E-state index < -0.39 is 5.97 Å². The topological polar surface area (TPSA) is 40.5 Å². The van der Waals surface area contributed by atoms with E-state index in [1.165, 1.54) is 11.1 Å². The summed E-state index contributed by atoms with van der Waals surface area (Å²) >= 11 is 0. The number of hydrogen-bond acceptors (Lipinski definition) is 2. The van der Waals surface area contributed by atoms with Gasteiger partial charge in [0, 0.05) is 19.3 Å². The van der Waals surface area contributed by atoms with E-state index in [1.54, 1.807) is 12.1 Å². The molecule has 3 heteroatoms. The van der Waals surface area contributed by atoms with Gasteiger partial charge in [0.15, 0.2) is 0 Å². The molecule has 0 radical (unpaired) electrons. The summed E-state index contributed by atoms with van der Waals surface area (Å²) < 4.78 is 0. The Balaban J connectivity index is 2.11. The van der Waals surface area contributed by atoms with Crippen molar-refractivity contribution in [3.63, 3.8) is 0 Å². The van der Waals surface area contributed by atoms with Crippen LogP contribution >= 0.6 is 0 Å². The van der Waals surface area contributed by atoms with E-state index in [9.17, 15) is 4.79 Å². The predicted octanol–water partition coefficient (Wildman–Crippen LogP) is 3.33. The minimum absolute atomic E-state index is 0.313. The molecule has 0 aliphatic rings. The molecule has 0 aromatic heterocycles. The van der Waals surface area contributed by atoms with E-state index >= 15 is 0 Å². The van der Waals surface area contributed by atoms with Crippen LogP contribution in [0.1, 0.15) is 21.5 Å². The van der Waals surface area contributed by atoms with Gasteiger partial charge in [-0.15, -0.1) is 0 Å². The molecule has 2 aromatic rings. The lowest BCUT2D eigenvalue weighted by molar-refractivity contribution is 0.0697. The highest BCUT2D eigenvalue weighted by Gasteiger charge is 2.05. The van der Waals surface area contributed by atoms with Crippen LogP contribution in [0.15, 0.2) is 48.5 Å². The van der Waals surface area contributed by atoms with E-state index in [4.69, 9.17) is 5.11 Å². The van der Waals surface area contributed by atoms with Crippen LogP contribution in [0.5, 0.6) is 0 Å². The van der Waals surface area contributed by atoms with E-state index in [0.717, 1.165) is 12.2 Å². The molecule has 19 heavy (non-hydrogen) atoms. The Morgan fingerprint density at radius 3 is 2.42 bits per heavy atom. The van der Waals surface area contributed by atoms with E-state index in [2.05, 4.69) is 30.0 Å². The second kappa shape index (κ2) is 5.57. The lowest BCUT2D eigenvalue weighted by atomic mass is 10.1. The summed E-state index contributed by atoms with van der Waals surface area (Å²) in [5.74, 6) is -0.895. The Bertz CT molecular complexity index is 576. The Labute approximate surface area is 113 Å². The molecular weight excluding hydrogens is 238 g/mol. The molecule has 0 saturated heterocycles. The van der Waals surface area contributed by atoms with Crippen molar-refractivity contribution in [2.75, 3.05) is 11.9 Å². The summed E-state index contributed by atoms with van der Waals surface area (Å²) in [6.07, 6.45) is 0. The monoisotopic (exact) mass is 255 g/mol. The standard InChI is InChI=1S/C16H17NO2/c1-12-4-3-5-13(10-12)11-17(2)15-8-6-14(7-9-15)16(18)19/h3-10H,11H2,1-2H3,(H,18,19). The van der Waals surface area contributed by atoms with Gasteiger partial charge in [-0.25, -0.2) is 4.79 Å². The summed E-state index contributed by atoms with van der Waals surface area (Å²) in [5.41, 5.74) is 3.80. The number of hydrogen-bond donors (Lipinski definition) is 1. The van der Waals surface area contributed by atoms with Crippen LogP contribution in [0.3, 0.4) is 0 Å². The summed E-state index contributed by atoms with van der Waals surface area (Å²) in [7, 11) is 2.00. The molecule has 0 amide bonds. The lowest BCUT2D eigenvalue weighted by Crippen LogP contribution is -2.16. The third kappa shape index (κ3) is 3.35. The minimum Gasteiger partial charge on any atom is -0.478 e. The van der Waals surface area contributed by atoms with Gasteiger partial charge >= 0.3 is 5.97 Å². The maximum Gasteiger partial charge on any atom is 0.335 e. The number of aryl methyl sites for hydroxylation is 1. The number of benzene rings is 2. The fourth-order valence-corrected chi connectivity index (χ4v) is 2.03. The van der Waals surface area contributed by atoms with Crippen molar-refractivity contribution in [1.29, 1.82) is 0 Å². The van der Waals surface area contributed by atoms with Crippen molar-refractivity contribution in [2.24, 2.45) is 0 Å². The lowest BCUT2D eigenvalue weighted by Gasteiger charge is -2.19. The smallest absolute Gasteiger partial charge is 0.335 e. The van der Waals surface area contributed by atoms with Crippen molar-refractivity contribution >= 4 is 11.7 Å². The maximum atomic E-state index is 10.8. The number of rotatable bonds is 4. The first-order valence-corrected chi connectivity index (χ1v) is 6.16. The molecular formula is C16H17NO2. The number of nitrogens with zero attached hydrogens (tertiary/aromatic N) is 1. The van der Waals surface area contributed by atoms with Gasteiger partial charge in [-0.3, -0.25) is 0 Å². The highest BCUT2D eigenvalue weighted by molar-refractivity contribution is 5.88. The van der Waals surface area contributed by atoms with Gasteiger partial charge in [-0.05, 0) is 36.8 Å². The molecule has 2 rings (SSSR count). The summed E-state index contributed by atoms with van der Waals surface area (Å²) in [4.78, 5) is 12.9. The highest BCUT2D eigenvalue weighted by atomic mass is 16.4. The van der Waals surface area contributed by atoms with E-state index in [0.29, 0.717) is 5.56 Å². The second-order valence-electron chi connectivity index (χ2n) is 4.70. The number of carbonyl (C=O) groups is 1. The Hall–Kier alpha value is -2.29. The normalized spacial score (nSPS) is 10.2. The van der Waals surface area contributed by atoms with Gasteiger partial charge in [0.25, 0.3) is 0 Å². The zero-order valence-electron chi connectivity index (χ0n) is 11.1. The first-order valence-electron chi connectivity index (χ1n) is 6.16. The average Bonchev–Trinajstić information content (AvgIpc) is 2.39. The molecule has 0 unspecified atom stereocenters. The van der Waals surface area contributed by atoms with Crippen molar-refractivity contribution in [1.82, 2.24) is 0 Å². The van der Waals surface area contributed by atoms with Gasteiger partial charge in [0.2, 0.25) is 0 Å². The molecule has 3 nitrogen and oxygen atoms in total. The van der Waals surface area contributed by atoms with Crippen LogP contribution in [0.25, 0.3) is 0 Å². The average molecular weight is 255 g/mol. The van der Waals surface area contributed by atoms with Gasteiger partial charge in [0.1, 0.15) is 0 Å². The molecule has 0 atom stereocenters. The summed E-state index contributed by atoms with van der Waals surface area (Å²) in [5, 5.41) is 8.87. The van der Waals surface area contributed by atoms with Gasteiger partial charge < -0.3 is 10.0 Å². The van der Waals surface area contributed by atoms with Crippen molar-refractivity contribution in [3.05, 3.63) is 65.2 Å². The second-order valence-corrected chi connectivity index (χ2v) is 4.70.